The minimum atomic E-state index is -1.63. The molecule has 0 bridgehead atoms. The summed E-state index contributed by atoms with van der Waals surface area (Å²) in [6, 6.07) is 0. The van der Waals surface area contributed by atoms with Crippen LogP contribution in [0.1, 0.15) is 58.8 Å². The first-order chi connectivity index (χ1) is 13.1. The molecule has 0 amide bonds. The number of aliphatic hydroxyl groups is 2. The maximum Gasteiger partial charge on any atom is 0.190 e. The van der Waals surface area contributed by atoms with Crippen molar-refractivity contribution >= 4 is 29.1 Å². The maximum absolute atomic E-state index is 13.9. The van der Waals surface area contributed by atoms with Crippen LogP contribution in [0.5, 0.6) is 0 Å². The van der Waals surface area contributed by atoms with Crippen LogP contribution in [0.25, 0.3) is 0 Å². The van der Waals surface area contributed by atoms with Crippen LogP contribution in [-0.4, -0.2) is 50.8 Å². The van der Waals surface area contributed by atoms with E-state index < -0.39 is 28.2 Å². The molecule has 2 N–H and O–H groups in total. The van der Waals surface area contributed by atoms with Gasteiger partial charge in [-0.1, -0.05) is 19.4 Å². The number of fused-ring (bicyclic) bond motifs is 5. The summed E-state index contributed by atoms with van der Waals surface area (Å²) in [6.07, 6.45) is 7.66. The molecule has 6 atom stereocenters. The number of hydrogen-bond acceptors (Lipinski definition) is 6. The molecule has 28 heavy (non-hydrogen) atoms. The van der Waals surface area contributed by atoms with E-state index in [1.807, 2.05) is 13.2 Å². The molecule has 3 saturated carbocycles. The topological polar surface area (TPSA) is 91.7 Å². The summed E-state index contributed by atoms with van der Waals surface area (Å²) in [4.78, 5) is 38.4. The fourth-order valence-corrected chi connectivity index (χ4v) is 8.96. The second kappa shape index (κ2) is 6.26. The first-order valence-corrected chi connectivity index (χ1v) is 11.5. The van der Waals surface area contributed by atoms with E-state index in [0.29, 0.717) is 25.7 Å². The number of carbonyl (C=O) groups is 3. The monoisotopic (exact) mass is 406 g/mol. The quantitative estimate of drug-likeness (QED) is 0.748. The molecular weight excluding hydrogens is 376 g/mol. The van der Waals surface area contributed by atoms with Gasteiger partial charge in [0, 0.05) is 23.7 Å². The van der Waals surface area contributed by atoms with Crippen molar-refractivity contribution in [3.8, 4) is 0 Å². The van der Waals surface area contributed by atoms with Gasteiger partial charge in [0.25, 0.3) is 0 Å². The van der Waals surface area contributed by atoms with E-state index in [4.69, 9.17) is 0 Å². The van der Waals surface area contributed by atoms with Gasteiger partial charge in [-0.05, 0) is 56.3 Å². The number of thioether (sulfide) groups is 1. The first-order valence-electron chi connectivity index (χ1n) is 10.3. The largest absolute Gasteiger partial charge is 0.388 e. The number of ketones is 3. The van der Waals surface area contributed by atoms with Gasteiger partial charge in [-0.25, -0.2) is 0 Å². The molecule has 0 saturated heterocycles. The predicted octanol–water partition coefficient (Wildman–Crippen LogP) is 2.48. The lowest BCUT2D eigenvalue weighted by atomic mass is 9.45. The Bertz CT molecular complexity index is 790. The van der Waals surface area contributed by atoms with Crippen molar-refractivity contribution in [2.45, 2.75) is 69.1 Å². The zero-order valence-electron chi connectivity index (χ0n) is 16.9. The third-order valence-corrected chi connectivity index (χ3v) is 10.5. The molecule has 4 aliphatic rings. The van der Waals surface area contributed by atoms with E-state index in [2.05, 4.69) is 6.92 Å². The molecule has 5 nitrogen and oxygen atoms in total. The van der Waals surface area contributed by atoms with Crippen LogP contribution in [0, 0.1) is 22.7 Å². The van der Waals surface area contributed by atoms with Gasteiger partial charge in [0.2, 0.25) is 0 Å². The zero-order chi connectivity index (χ0) is 20.5. The van der Waals surface area contributed by atoms with E-state index in [0.717, 1.165) is 18.4 Å². The molecule has 154 valence electrons. The van der Waals surface area contributed by atoms with Crippen LogP contribution in [0.3, 0.4) is 0 Å². The Labute approximate surface area is 170 Å². The minimum absolute atomic E-state index is 0.0501. The third-order valence-electron chi connectivity index (χ3n) is 8.92. The lowest BCUT2D eigenvalue weighted by Gasteiger charge is -2.63. The zero-order valence-corrected chi connectivity index (χ0v) is 17.7. The molecule has 0 aromatic heterocycles. The third kappa shape index (κ3) is 2.15. The van der Waals surface area contributed by atoms with Gasteiger partial charge in [0.15, 0.2) is 17.3 Å². The van der Waals surface area contributed by atoms with Crippen LogP contribution in [0.4, 0.5) is 0 Å². The van der Waals surface area contributed by atoms with Crippen LogP contribution in [-0.2, 0) is 14.4 Å². The van der Waals surface area contributed by atoms with Crippen molar-refractivity contribution in [3.63, 3.8) is 0 Å². The summed E-state index contributed by atoms with van der Waals surface area (Å²) in [6.45, 7) is 3.32. The number of Topliss-reactive ketones (excluding diaryl/α,β-unsaturated/α-hetero) is 2. The Morgan fingerprint density at radius 2 is 1.89 bits per heavy atom. The molecule has 4 aliphatic carbocycles. The summed E-state index contributed by atoms with van der Waals surface area (Å²) in [7, 11) is 0. The van der Waals surface area contributed by atoms with Crippen molar-refractivity contribution in [2.24, 2.45) is 22.7 Å². The van der Waals surface area contributed by atoms with Crippen molar-refractivity contribution in [2.75, 3.05) is 12.9 Å². The van der Waals surface area contributed by atoms with Crippen molar-refractivity contribution in [1.82, 2.24) is 0 Å². The van der Waals surface area contributed by atoms with E-state index in [1.54, 1.807) is 17.8 Å². The Morgan fingerprint density at radius 1 is 1.18 bits per heavy atom. The minimum Gasteiger partial charge on any atom is -0.388 e. The fourth-order valence-electron chi connectivity index (χ4n) is 7.40. The van der Waals surface area contributed by atoms with Crippen LogP contribution < -0.4 is 0 Å². The fraction of sp³-hybridized carbons (Fsp3) is 0.773. The average Bonchev–Trinajstić information content (AvgIpc) is 2.93. The van der Waals surface area contributed by atoms with E-state index in [-0.39, 0.29) is 35.2 Å². The van der Waals surface area contributed by atoms with Gasteiger partial charge >= 0.3 is 0 Å². The lowest BCUT2D eigenvalue weighted by Crippen LogP contribution is -2.68. The second-order valence-corrected chi connectivity index (χ2v) is 10.7. The molecule has 4 rings (SSSR count). The molecule has 6 heteroatoms. The van der Waals surface area contributed by atoms with E-state index >= 15 is 0 Å². The molecule has 0 heterocycles. The molecule has 0 aromatic carbocycles. The van der Waals surface area contributed by atoms with Crippen LogP contribution >= 0.6 is 11.8 Å². The van der Waals surface area contributed by atoms with Crippen LogP contribution in [0.2, 0.25) is 0 Å². The number of aliphatic hydroxyl groups excluding tert-OH is 1. The smallest absolute Gasteiger partial charge is 0.190 e. The molecule has 0 unspecified atom stereocenters. The Kier molecular flexibility index (Phi) is 4.54. The summed E-state index contributed by atoms with van der Waals surface area (Å²) in [5.41, 5.74) is -1.73. The number of hydrogen-bond donors (Lipinski definition) is 2. The van der Waals surface area contributed by atoms with Gasteiger partial charge < -0.3 is 10.2 Å². The Hall–Kier alpha value is -0.980. The summed E-state index contributed by atoms with van der Waals surface area (Å²) >= 11 is 1.62. The van der Waals surface area contributed by atoms with Gasteiger partial charge in [-0.3, -0.25) is 14.4 Å². The SMILES string of the molecule is CS[C@]12C(=O)C[C@@]3(C)[C@@H](CC[C@]3(O)C(=O)CO)[C@@H]1CCC1=CC(=O)CC[C@@]12C. The standard InChI is InChI=1S/C22H30O5S/c1-19-8-6-14(24)10-13(19)4-5-16-15-7-9-21(27,18(26)12-23)20(15,2)11-17(25)22(16,19)28-3/h10,15-16,23,27H,4-9,11-12H2,1-3H3/t15-,16-,19-,20-,21-,22-/m0/s1. The summed E-state index contributed by atoms with van der Waals surface area (Å²) < 4.78 is -0.616. The van der Waals surface area contributed by atoms with Gasteiger partial charge in [-0.2, -0.15) is 0 Å². The molecule has 3 fully saturated rings. The maximum atomic E-state index is 13.9. The van der Waals surface area contributed by atoms with Crippen molar-refractivity contribution in [1.29, 1.82) is 0 Å². The molecule has 0 radical (unpaired) electrons. The lowest BCUT2D eigenvalue weighted by molar-refractivity contribution is -0.167. The van der Waals surface area contributed by atoms with E-state index in [1.165, 1.54) is 0 Å². The molecule has 0 aliphatic heterocycles. The van der Waals surface area contributed by atoms with Crippen molar-refractivity contribution in [3.05, 3.63) is 11.6 Å². The Morgan fingerprint density at radius 3 is 2.54 bits per heavy atom. The summed E-state index contributed by atoms with van der Waals surface area (Å²) in [5, 5.41) is 20.7. The van der Waals surface area contributed by atoms with Gasteiger partial charge in [-0.15, -0.1) is 11.8 Å². The van der Waals surface area contributed by atoms with Gasteiger partial charge in [0.1, 0.15) is 12.2 Å². The second-order valence-electron chi connectivity index (χ2n) is 9.66. The highest BCUT2D eigenvalue weighted by Crippen LogP contribution is 2.71. The molecule has 0 aromatic rings. The van der Waals surface area contributed by atoms with Crippen LogP contribution in [0.15, 0.2) is 11.6 Å². The van der Waals surface area contributed by atoms with Crippen molar-refractivity contribution < 1.29 is 24.6 Å². The van der Waals surface area contributed by atoms with E-state index in [9.17, 15) is 24.6 Å². The molecule has 0 spiro atoms. The highest BCUT2D eigenvalue weighted by Gasteiger charge is 2.73. The van der Waals surface area contributed by atoms with Gasteiger partial charge in [0.05, 0.1) is 4.75 Å². The highest BCUT2D eigenvalue weighted by molar-refractivity contribution is 8.00. The average molecular weight is 407 g/mol. The number of allylic oxidation sites excluding steroid dienone is 1. The first kappa shape index (κ1) is 20.3. The molecular formula is C22H30O5S. The number of rotatable bonds is 3. The number of carbonyl (C=O) groups excluding carboxylic acids is 3. The predicted molar refractivity (Wildman–Crippen MR) is 107 cm³/mol. The summed E-state index contributed by atoms with van der Waals surface area (Å²) in [5.74, 6) is -0.206. The normalized spacial score (nSPS) is 47.8. The Balaban J connectivity index is 1.84. The highest BCUT2D eigenvalue weighted by atomic mass is 32.2.